The van der Waals surface area contributed by atoms with Crippen molar-refractivity contribution in [2.24, 2.45) is 0 Å². The Balaban J connectivity index is 1.71. The molecule has 1 aromatic heterocycles. The Morgan fingerprint density at radius 3 is 2.52 bits per heavy atom. The summed E-state index contributed by atoms with van der Waals surface area (Å²) in [4.78, 5) is 28.7. The Labute approximate surface area is 181 Å². The number of fused-ring (bicyclic) bond motifs is 1. The average Bonchev–Trinajstić information content (AvgIpc) is 2.76. The number of ether oxygens (including phenoxy) is 1. The van der Waals surface area contributed by atoms with Crippen LogP contribution in [0, 0.1) is 17.5 Å². The molecule has 6 nitrogen and oxygen atoms in total. The van der Waals surface area contributed by atoms with E-state index in [1.54, 1.807) is 68.6 Å². The Kier molecular flexibility index (Phi) is 5.39. The average molecular weight is 435 g/mol. The summed E-state index contributed by atoms with van der Waals surface area (Å²) in [5.41, 5.74) is 1.86. The summed E-state index contributed by atoms with van der Waals surface area (Å²) >= 11 is 5.38. The molecule has 0 saturated heterocycles. The van der Waals surface area contributed by atoms with Gasteiger partial charge >= 0.3 is 0 Å². The summed E-state index contributed by atoms with van der Waals surface area (Å²) in [6, 6.07) is 16.1. The molecule has 3 aromatic carbocycles. The Hall–Kier alpha value is -3.78. The molecule has 0 bridgehead atoms. The number of methoxy groups -OCH3 is 1. The number of aryl methyl sites for hydroxylation is 1. The van der Waals surface area contributed by atoms with Crippen molar-refractivity contribution in [3.63, 3.8) is 0 Å². The van der Waals surface area contributed by atoms with E-state index < -0.39 is 11.7 Å². The molecule has 8 heteroatoms. The standard InChI is InChI=1S/C23H18FN3O3S/c1-13-3-5-15(12-19(13)24)25-21(28)14-4-10-18-20(11-14)26-23(31)27(22(18)29)16-6-8-17(30-2)9-7-16/h3-12H,1-2H3,(H,25,28)(H,26,31). The van der Waals surface area contributed by atoms with Crippen LogP contribution in [0.1, 0.15) is 15.9 Å². The quantitative estimate of drug-likeness (QED) is 0.454. The third kappa shape index (κ3) is 3.97. The highest BCUT2D eigenvalue weighted by atomic mass is 32.1. The van der Waals surface area contributed by atoms with E-state index in [0.29, 0.717) is 39.2 Å². The first-order valence-electron chi connectivity index (χ1n) is 9.38. The fourth-order valence-corrected chi connectivity index (χ4v) is 3.50. The second-order valence-electron chi connectivity index (χ2n) is 6.95. The number of H-pyrrole nitrogens is 1. The number of benzene rings is 3. The van der Waals surface area contributed by atoms with Crippen molar-refractivity contribution in [2.45, 2.75) is 6.92 Å². The maximum Gasteiger partial charge on any atom is 0.266 e. The van der Waals surface area contributed by atoms with Crippen LogP contribution in [0.2, 0.25) is 0 Å². The predicted octanol–water partition coefficient (Wildman–Crippen LogP) is 4.76. The highest BCUT2D eigenvalue weighted by molar-refractivity contribution is 7.71. The summed E-state index contributed by atoms with van der Waals surface area (Å²) < 4.78 is 20.5. The molecule has 0 aliphatic carbocycles. The van der Waals surface area contributed by atoms with Gasteiger partial charge in [0.2, 0.25) is 0 Å². The molecule has 4 rings (SSSR count). The van der Waals surface area contributed by atoms with Gasteiger partial charge < -0.3 is 15.0 Å². The van der Waals surface area contributed by atoms with Gasteiger partial charge in [0.25, 0.3) is 11.5 Å². The molecule has 0 aliphatic heterocycles. The number of carbonyl (C=O) groups excluding carboxylic acids is 1. The number of halogens is 1. The Morgan fingerprint density at radius 1 is 1.10 bits per heavy atom. The first kappa shape index (κ1) is 20.5. The van der Waals surface area contributed by atoms with E-state index in [1.165, 1.54) is 10.6 Å². The molecule has 0 atom stereocenters. The molecule has 0 spiro atoms. The topological polar surface area (TPSA) is 76.1 Å². The van der Waals surface area contributed by atoms with Gasteiger partial charge in [-0.3, -0.25) is 14.2 Å². The second-order valence-corrected chi connectivity index (χ2v) is 7.33. The van der Waals surface area contributed by atoms with Gasteiger partial charge in [-0.25, -0.2) is 4.39 Å². The van der Waals surface area contributed by atoms with Gasteiger partial charge in [-0.2, -0.15) is 0 Å². The summed E-state index contributed by atoms with van der Waals surface area (Å²) in [6.07, 6.45) is 0. The van der Waals surface area contributed by atoms with Crippen molar-refractivity contribution in [2.75, 3.05) is 12.4 Å². The lowest BCUT2D eigenvalue weighted by atomic mass is 10.1. The first-order valence-corrected chi connectivity index (χ1v) is 9.79. The molecule has 0 unspecified atom stereocenters. The van der Waals surface area contributed by atoms with Crippen LogP contribution in [0.15, 0.2) is 65.5 Å². The number of nitrogens with one attached hydrogen (secondary N) is 2. The van der Waals surface area contributed by atoms with Crippen LogP contribution in [-0.2, 0) is 0 Å². The summed E-state index contributed by atoms with van der Waals surface area (Å²) in [5.74, 6) is -0.167. The van der Waals surface area contributed by atoms with Crippen LogP contribution in [0.4, 0.5) is 10.1 Å². The maximum atomic E-state index is 13.7. The monoisotopic (exact) mass is 435 g/mol. The SMILES string of the molecule is COc1ccc(-n2c(=S)[nH]c3cc(C(=O)Nc4ccc(C)c(F)c4)ccc3c2=O)cc1. The zero-order valence-electron chi connectivity index (χ0n) is 16.7. The third-order valence-electron chi connectivity index (χ3n) is 4.92. The van der Waals surface area contributed by atoms with Crippen LogP contribution in [0.5, 0.6) is 5.75 Å². The highest BCUT2D eigenvalue weighted by Gasteiger charge is 2.12. The molecule has 4 aromatic rings. The van der Waals surface area contributed by atoms with E-state index in [9.17, 15) is 14.0 Å². The maximum absolute atomic E-state index is 13.7. The molecule has 31 heavy (non-hydrogen) atoms. The zero-order chi connectivity index (χ0) is 22.1. The number of aromatic nitrogens is 2. The number of aromatic amines is 1. The molecule has 1 amide bonds. The Morgan fingerprint density at radius 2 is 1.84 bits per heavy atom. The van der Waals surface area contributed by atoms with Gasteiger partial charge in [0.15, 0.2) is 4.77 Å². The van der Waals surface area contributed by atoms with Crippen LogP contribution < -0.4 is 15.6 Å². The number of rotatable bonds is 4. The van der Waals surface area contributed by atoms with Crippen molar-refractivity contribution in [1.29, 1.82) is 0 Å². The minimum atomic E-state index is -0.427. The lowest BCUT2D eigenvalue weighted by molar-refractivity contribution is 0.102. The molecule has 0 saturated carbocycles. The number of nitrogens with zero attached hydrogens (tertiary/aromatic N) is 1. The second kappa shape index (κ2) is 8.16. The minimum absolute atomic E-state index is 0.195. The number of carbonyl (C=O) groups is 1. The van der Waals surface area contributed by atoms with Crippen LogP contribution in [0.3, 0.4) is 0 Å². The smallest absolute Gasteiger partial charge is 0.266 e. The molecular formula is C23H18FN3O3S. The number of anilines is 1. The predicted molar refractivity (Wildman–Crippen MR) is 120 cm³/mol. The lowest BCUT2D eigenvalue weighted by Gasteiger charge is -2.10. The lowest BCUT2D eigenvalue weighted by Crippen LogP contribution is -2.21. The number of amides is 1. The van der Waals surface area contributed by atoms with Crippen molar-refractivity contribution in [1.82, 2.24) is 9.55 Å². The normalized spacial score (nSPS) is 10.8. The van der Waals surface area contributed by atoms with Crippen molar-refractivity contribution >= 4 is 34.7 Å². The zero-order valence-corrected chi connectivity index (χ0v) is 17.5. The Bertz CT molecular complexity index is 1430. The van der Waals surface area contributed by atoms with Crippen LogP contribution in [0.25, 0.3) is 16.6 Å². The number of hydrogen-bond donors (Lipinski definition) is 2. The van der Waals surface area contributed by atoms with Gasteiger partial charge in [-0.15, -0.1) is 0 Å². The summed E-state index contributed by atoms with van der Waals surface area (Å²) in [7, 11) is 1.56. The molecule has 0 aliphatic rings. The molecule has 0 fully saturated rings. The van der Waals surface area contributed by atoms with Gasteiger partial charge in [0, 0.05) is 11.3 Å². The van der Waals surface area contributed by atoms with E-state index in [2.05, 4.69) is 10.3 Å². The molecule has 1 heterocycles. The van der Waals surface area contributed by atoms with Crippen molar-refractivity contribution < 1.29 is 13.9 Å². The molecule has 2 N–H and O–H groups in total. The van der Waals surface area contributed by atoms with E-state index in [-0.39, 0.29) is 10.3 Å². The summed E-state index contributed by atoms with van der Waals surface area (Å²) in [6.45, 7) is 1.64. The van der Waals surface area contributed by atoms with Gasteiger partial charge in [0.1, 0.15) is 11.6 Å². The van der Waals surface area contributed by atoms with Crippen molar-refractivity contribution in [3.05, 3.63) is 92.7 Å². The fraction of sp³-hybridized carbons (Fsp3) is 0.0870. The van der Waals surface area contributed by atoms with E-state index >= 15 is 0 Å². The van der Waals surface area contributed by atoms with Gasteiger partial charge in [0.05, 0.1) is 23.7 Å². The van der Waals surface area contributed by atoms with E-state index in [0.717, 1.165) is 0 Å². The first-order chi connectivity index (χ1) is 14.9. The van der Waals surface area contributed by atoms with Crippen LogP contribution in [-0.4, -0.2) is 22.6 Å². The molecular weight excluding hydrogens is 417 g/mol. The number of hydrogen-bond acceptors (Lipinski definition) is 4. The van der Waals surface area contributed by atoms with Gasteiger partial charge in [-0.05, 0) is 79.3 Å². The molecule has 0 radical (unpaired) electrons. The summed E-state index contributed by atoms with van der Waals surface area (Å²) in [5, 5.41) is 3.03. The minimum Gasteiger partial charge on any atom is -0.497 e. The molecule has 156 valence electrons. The van der Waals surface area contributed by atoms with E-state index in [4.69, 9.17) is 17.0 Å². The third-order valence-corrected chi connectivity index (χ3v) is 5.20. The van der Waals surface area contributed by atoms with E-state index in [1.807, 2.05) is 0 Å². The highest BCUT2D eigenvalue weighted by Crippen LogP contribution is 2.18. The van der Waals surface area contributed by atoms with Crippen molar-refractivity contribution in [3.8, 4) is 11.4 Å². The van der Waals surface area contributed by atoms with Gasteiger partial charge in [-0.1, -0.05) is 6.07 Å². The largest absolute Gasteiger partial charge is 0.497 e. The van der Waals surface area contributed by atoms with Crippen LogP contribution >= 0.6 is 12.2 Å². The fourth-order valence-electron chi connectivity index (χ4n) is 3.20.